The summed E-state index contributed by atoms with van der Waals surface area (Å²) in [6.07, 6.45) is -0.234. The molecule has 74 valence electrons. The van der Waals surface area contributed by atoms with E-state index in [1.54, 1.807) is 20.8 Å². The van der Waals surface area contributed by atoms with Crippen molar-refractivity contribution in [2.75, 3.05) is 0 Å². The van der Waals surface area contributed by atoms with Gasteiger partial charge in [-0.15, -0.1) is 0 Å². The Hall–Kier alpha value is -1.19. The van der Waals surface area contributed by atoms with Crippen LogP contribution in [-0.2, 0) is 14.4 Å². The van der Waals surface area contributed by atoms with Crippen molar-refractivity contribution in [3.63, 3.8) is 0 Å². The summed E-state index contributed by atoms with van der Waals surface area (Å²) in [5.41, 5.74) is -0.605. The Kier molecular flexibility index (Phi) is 3.78. The van der Waals surface area contributed by atoms with Gasteiger partial charge in [-0.25, -0.2) is 0 Å². The summed E-state index contributed by atoms with van der Waals surface area (Å²) in [5, 5.41) is 2.15. The number of nitrogens with one attached hydrogen (secondary N) is 1. The average molecular weight is 185 g/mol. The molecule has 0 heterocycles. The van der Waals surface area contributed by atoms with Gasteiger partial charge in [-0.05, 0) is 6.92 Å². The number of carbonyl (C=O) groups excluding carboxylic acids is 3. The second kappa shape index (κ2) is 4.16. The number of hydrogen-bond donors (Lipinski definition) is 1. The number of rotatable bonds is 2. The molecule has 0 aliphatic heterocycles. The lowest BCUT2D eigenvalue weighted by Gasteiger charge is -2.16. The molecular weight excluding hydrogens is 170 g/mol. The minimum Gasteiger partial charge on any atom is -0.299 e. The first-order valence-electron chi connectivity index (χ1n) is 4.07. The first-order valence-corrected chi connectivity index (χ1v) is 4.07. The van der Waals surface area contributed by atoms with Crippen LogP contribution in [-0.4, -0.2) is 17.6 Å². The van der Waals surface area contributed by atoms with E-state index in [1.807, 2.05) is 0 Å². The van der Waals surface area contributed by atoms with Crippen LogP contribution in [0.15, 0.2) is 0 Å². The molecule has 4 heteroatoms. The van der Waals surface area contributed by atoms with Crippen LogP contribution >= 0.6 is 0 Å². The van der Waals surface area contributed by atoms with E-state index in [2.05, 4.69) is 5.32 Å². The fraction of sp³-hybridized carbons (Fsp3) is 0.667. The van der Waals surface area contributed by atoms with Gasteiger partial charge in [-0.3, -0.25) is 19.7 Å². The Morgan fingerprint density at radius 1 is 1.15 bits per heavy atom. The Labute approximate surface area is 77.7 Å². The van der Waals surface area contributed by atoms with Crippen molar-refractivity contribution >= 4 is 17.6 Å². The third-order valence-corrected chi connectivity index (χ3v) is 1.34. The van der Waals surface area contributed by atoms with Crippen molar-refractivity contribution in [2.45, 2.75) is 34.1 Å². The smallest absolute Gasteiger partial charge is 0.233 e. The van der Waals surface area contributed by atoms with Gasteiger partial charge in [0, 0.05) is 5.41 Å². The molecule has 0 aliphatic carbocycles. The van der Waals surface area contributed by atoms with E-state index in [-0.39, 0.29) is 18.1 Å². The largest absolute Gasteiger partial charge is 0.299 e. The maximum absolute atomic E-state index is 11.2. The van der Waals surface area contributed by atoms with Crippen LogP contribution in [0.3, 0.4) is 0 Å². The molecule has 0 rings (SSSR count). The molecule has 0 saturated heterocycles. The van der Waals surface area contributed by atoms with Crippen LogP contribution in [0.2, 0.25) is 0 Å². The number of amides is 2. The normalized spacial score (nSPS) is 10.8. The van der Waals surface area contributed by atoms with Gasteiger partial charge in [-0.1, -0.05) is 20.8 Å². The highest BCUT2D eigenvalue weighted by atomic mass is 16.2. The number of imide groups is 1. The molecule has 2 amide bonds. The molecule has 13 heavy (non-hydrogen) atoms. The molecule has 0 bridgehead atoms. The van der Waals surface area contributed by atoms with Gasteiger partial charge in [0.25, 0.3) is 0 Å². The second-order valence-corrected chi connectivity index (χ2v) is 4.01. The average Bonchev–Trinajstić information content (AvgIpc) is 1.82. The van der Waals surface area contributed by atoms with E-state index in [0.717, 1.165) is 0 Å². The van der Waals surface area contributed by atoms with Gasteiger partial charge < -0.3 is 0 Å². The van der Waals surface area contributed by atoms with Gasteiger partial charge >= 0.3 is 0 Å². The monoisotopic (exact) mass is 185 g/mol. The van der Waals surface area contributed by atoms with E-state index in [0.29, 0.717) is 0 Å². The highest BCUT2D eigenvalue weighted by Gasteiger charge is 2.23. The van der Waals surface area contributed by atoms with Crippen LogP contribution < -0.4 is 5.32 Å². The molecule has 0 saturated carbocycles. The minimum atomic E-state index is -0.605. The fourth-order valence-electron chi connectivity index (χ4n) is 0.584. The van der Waals surface area contributed by atoms with Crippen molar-refractivity contribution < 1.29 is 14.4 Å². The molecule has 0 atom stereocenters. The lowest BCUT2D eigenvalue weighted by molar-refractivity contribution is -0.136. The van der Waals surface area contributed by atoms with E-state index in [9.17, 15) is 14.4 Å². The van der Waals surface area contributed by atoms with E-state index < -0.39 is 11.3 Å². The molecule has 0 fully saturated rings. The molecule has 0 spiro atoms. The molecule has 0 aliphatic rings. The SMILES string of the molecule is CC(=O)CC(=O)NC(=O)C(C)(C)C. The van der Waals surface area contributed by atoms with Gasteiger partial charge in [0.1, 0.15) is 5.78 Å². The molecular formula is C9H15NO3. The summed E-state index contributed by atoms with van der Waals surface area (Å²) in [6, 6.07) is 0. The molecule has 0 aromatic rings. The van der Waals surface area contributed by atoms with E-state index in [4.69, 9.17) is 0 Å². The van der Waals surface area contributed by atoms with Crippen LogP contribution in [0.4, 0.5) is 0 Å². The third kappa shape index (κ3) is 5.11. The molecule has 4 nitrogen and oxygen atoms in total. The molecule has 0 radical (unpaired) electrons. The predicted octanol–water partition coefficient (Wildman–Crippen LogP) is 0.654. The number of carbonyl (C=O) groups is 3. The standard InChI is InChI=1S/C9H15NO3/c1-6(11)5-7(12)10-8(13)9(2,3)4/h5H2,1-4H3,(H,10,12,13). The highest BCUT2D eigenvalue weighted by molar-refractivity contribution is 6.05. The van der Waals surface area contributed by atoms with Crippen molar-refractivity contribution in [1.29, 1.82) is 0 Å². The van der Waals surface area contributed by atoms with E-state index in [1.165, 1.54) is 6.92 Å². The van der Waals surface area contributed by atoms with E-state index >= 15 is 0 Å². The minimum absolute atomic E-state index is 0.234. The lowest BCUT2D eigenvalue weighted by Crippen LogP contribution is -2.39. The summed E-state index contributed by atoms with van der Waals surface area (Å²) in [6.45, 7) is 6.40. The van der Waals surface area contributed by atoms with Crippen LogP contribution in [0, 0.1) is 5.41 Å². The third-order valence-electron chi connectivity index (χ3n) is 1.34. The molecule has 1 N–H and O–H groups in total. The Morgan fingerprint density at radius 2 is 1.62 bits per heavy atom. The Bertz CT molecular complexity index is 238. The second-order valence-electron chi connectivity index (χ2n) is 4.01. The van der Waals surface area contributed by atoms with Gasteiger partial charge in [-0.2, -0.15) is 0 Å². The van der Waals surface area contributed by atoms with Crippen molar-refractivity contribution in [3.05, 3.63) is 0 Å². The zero-order valence-electron chi connectivity index (χ0n) is 8.43. The lowest BCUT2D eigenvalue weighted by atomic mass is 9.95. The maximum atomic E-state index is 11.2. The van der Waals surface area contributed by atoms with Crippen LogP contribution in [0.5, 0.6) is 0 Å². The molecule has 0 aromatic carbocycles. The van der Waals surface area contributed by atoms with Crippen LogP contribution in [0.25, 0.3) is 0 Å². The van der Waals surface area contributed by atoms with Crippen molar-refractivity contribution in [3.8, 4) is 0 Å². The molecule has 0 aromatic heterocycles. The first-order chi connectivity index (χ1) is 5.73. The van der Waals surface area contributed by atoms with Crippen molar-refractivity contribution in [1.82, 2.24) is 5.32 Å². The molecule has 0 unspecified atom stereocenters. The zero-order chi connectivity index (χ0) is 10.6. The summed E-state index contributed by atoms with van der Waals surface area (Å²) in [7, 11) is 0. The quantitative estimate of drug-likeness (QED) is 0.642. The fourth-order valence-corrected chi connectivity index (χ4v) is 0.584. The highest BCUT2D eigenvalue weighted by Crippen LogP contribution is 2.12. The summed E-state index contributed by atoms with van der Waals surface area (Å²) >= 11 is 0. The number of hydrogen-bond acceptors (Lipinski definition) is 3. The maximum Gasteiger partial charge on any atom is 0.233 e. The number of Topliss-reactive ketones (excluding diaryl/α,β-unsaturated/α-hetero) is 1. The van der Waals surface area contributed by atoms with Crippen LogP contribution in [0.1, 0.15) is 34.1 Å². The van der Waals surface area contributed by atoms with Gasteiger partial charge in [0.15, 0.2) is 0 Å². The Balaban J connectivity index is 4.08. The zero-order valence-corrected chi connectivity index (χ0v) is 8.43. The van der Waals surface area contributed by atoms with Gasteiger partial charge in [0.2, 0.25) is 11.8 Å². The summed E-state index contributed by atoms with van der Waals surface area (Å²) in [5.74, 6) is -1.15. The number of ketones is 1. The topological polar surface area (TPSA) is 63.2 Å². The van der Waals surface area contributed by atoms with Crippen molar-refractivity contribution in [2.24, 2.45) is 5.41 Å². The first kappa shape index (κ1) is 11.8. The summed E-state index contributed by atoms with van der Waals surface area (Å²) < 4.78 is 0. The summed E-state index contributed by atoms with van der Waals surface area (Å²) in [4.78, 5) is 32.7. The van der Waals surface area contributed by atoms with Gasteiger partial charge in [0.05, 0.1) is 6.42 Å². The predicted molar refractivity (Wildman–Crippen MR) is 47.9 cm³/mol. The Morgan fingerprint density at radius 3 is 1.92 bits per heavy atom.